The Bertz CT molecular complexity index is 542. The van der Waals surface area contributed by atoms with E-state index in [2.05, 4.69) is 10.3 Å². The lowest BCUT2D eigenvalue weighted by molar-refractivity contribution is -0.128. The number of carbonyl (C=O) groups is 2. The first-order valence-electron chi connectivity index (χ1n) is 6.78. The minimum absolute atomic E-state index is 0.125. The molecule has 1 aliphatic carbocycles. The molecule has 1 aromatic heterocycles. The fourth-order valence-corrected chi connectivity index (χ4v) is 2.56. The molecule has 20 heavy (non-hydrogen) atoms. The topological polar surface area (TPSA) is 71.5 Å². The van der Waals surface area contributed by atoms with E-state index >= 15 is 0 Å². The molecule has 2 fully saturated rings. The Balaban J connectivity index is 1.66. The van der Waals surface area contributed by atoms with Gasteiger partial charge in [0.25, 0.3) is 5.91 Å². The zero-order valence-electron chi connectivity index (χ0n) is 11.3. The monoisotopic (exact) mass is 275 g/mol. The summed E-state index contributed by atoms with van der Waals surface area (Å²) >= 11 is 0. The fourth-order valence-electron chi connectivity index (χ4n) is 2.56. The SMILES string of the molecule is COc1ncccc1C(=O)N[C@@H]1CC(=O)N(C2CC2)C1. The molecule has 0 unspecified atom stereocenters. The van der Waals surface area contributed by atoms with Crippen molar-refractivity contribution in [2.45, 2.75) is 31.3 Å². The van der Waals surface area contributed by atoms with Gasteiger partial charge in [-0.05, 0) is 25.0 Å². The van der Waals surface area contributed by atoms with Crippen LogP contribution in [0.1, 0.15) is 29.6 Å². The Morgan fingerprint density at radius 2 is 2.30 bits per heavy atom. The number of aromatic nitrogens is 1. The van der Waals surface area contributed by atoms with Crippen molar-refractivity contribution >= 4 is 11.8 Å². The van der Waals surface area contributed by atoms with Crippen molar-refractivity contribution in [2.24, 2.45) is 0 Å². The molecule has 106 valence electrons. The summed E-state index contributed by atoms with van der Waals surface area (Å²) in [5.41, 5.74) is 0.396. The van der Waals surface area contributed by atoms with E-state index in [-0.39, 0.29) is 17.9 Å². The van der Waals surface area contributed by atoms with E-state index in [4.69, 9.17) is 4.74 Å². The van der Waals surface area contributed by atoms with Crippen LogP contribution in [-0.2, 0) is 4.79 Å². The van der Waals surface area contributed by atoms with Gasteiger partial charge in [-0.1, -0.05) is 0 Å². The minimum atomic E-state index is -0.245. The van der Waals surface area contributed by atoms with Crippen molar-refractivity contribution in [1.29, 1.82) is 0 Å². The molecule has 6 heteroatoms. The number of ether oxygens (including phenoxy) is 1. The maximum absolute atomic E-state index is 12.2. The third kappa shape index (κ3) is 2.45. The molecule has 6 nitrogen and oxygen atoms in total. The summed E-state index contributed by atoms with van der Waals surface area (Å²) in [4.78, 5) is 29.9. The summed E-state index contributed by atoms with van der Waals surface area (Å²) in [5, 5.41) is 2.89. The fraction of sp³-hybridized carbons (Fsp3) is 0.500. The molecule has 0 radical (unpaired) electrons. The second-order valence-electron chi connectivity index (χ2n) is 5.21. The van der Waals surface area contributed by atoms with Crippen LogP contribution in [0.3, 0.4) is 0 Å². The highest BCUT2D eigenvalue weighted by molar-refractivity contribution is 5.97. The van der Waals surface area contributed by atoms with Gasteiger partial charge in [0.1, 0.15) is 5.56 Å². The number of carbonyl (C=O) groups excluding carboxylic acids is 2. The van der Waals surface area contributed by atoms with Crippen LogP contribution in [0.4, 0.5) is 0 Å². The van der Waals surface area contributed by atoms with Crippen LogP contribution < -0.4 is 10.1 Å². The van der Waals surface area contributed by atoms with Crippen LogP contribution in [0.5, 0.6) is 5.88 Å². The first-order chi connectivity index (χ1) is 9.69. The lowest BCUT2D eigenvalue weighted by Crippen LogP contribution is -2.37. The molecule has 1 N–H and O–H groups in total. The Morgan fingerprint density at radius 3 is 3.00 bits per heavy atom. The predicted molar refractivity (Wildman–Crippen MR) is 71.4 cm³/mol. The Hall–Kier alpha value is -2.11. The first-order valence-corrected chi connectivity index (χ1v) is 6.78. The number of hydrogen-bond donors (Lipinski definition) is 1. The number of rotatable bonds is 4. The lowest BCUT2D eigenvalue weighted by Gasteiger charge is -2.16. The quantitative estimate of drug-likeness (QED) is 0.872. The highest BCUT2D eigenvalue weighted by Crippen LogP contribution is 2.30. The van der Waals surface area contributed by atoms with Crippen molar-refractivity contribution in [3.63, 3.8) is 0 Å². The first kappa shape index (κ1) is 12.9. The third-order valence-electron chi connectivity index (χ3n) is 3.69. The van der Waals surface area contributed by atoms with Crippen LogP contribution in [0.2, 0.25) is 0 Å². The molecule has 0 spiro atoms. The van der Waals surface area contributed by atoms with Gasteiger partial charge in [-0.15, -0.1) is 0 Å². The van der Waals surface area contributed by atoms with E-state index in [9.17, 15) is 9.59 Å². The number of nitrogens with zero attached hydrogens (tertiary/aromatic N) is 2. The predicted octanol–water partition coefficient (Wildman–Crippen LogP) is 0.583. The van der Waals surface area contributed by atoms with E-state index in [0.717, 1.165) is 12.8 Å². The summed E-state index contributed by atoms with van der Waals surface area (Å²) in [7, 11) is 1.48. The average molecular weight is 275 g/mol. The van der Waals surface area contributed by atoms with Crippen molar-refractivity contribution in [1.82, 2.24) is 15.2 Å². The summed E-state index contributed by atoms with van der Waals surface area (Å²) in [6, 6.07) is 3.63. The number of pyridine rings is 1. The van der Waals surface area contributed by atoms with Gasteiger partial charge in [-0.25, -0.2) is 4.98 Å². The average Bonchev–Trinajstić information content (AvgIpc) is 3.23. The van der Waals surface area contributed by atoms with Crippen molar-refractivity contribution in [2.75, 3.05) is 13.7 Å². The van der Waals surface area contributed by atoms with Gasteiger partial charge in [0.05, 0.1) is 13.2 Å². The zero-order chi connectivity index (χ0) is 14.1. The molecular formula is C14H17N3O3. The van der Waals surface area contributed by atoms with Crippen LogP contribution in [0.25, 0.3) is 0 Å². The summed E-state index contributed by atoms with van der Waals surface area (Å²) in [6.45, 7) is 0.609. The molecule has 2 aliphatic rings. The van der Waals surface area contributed by atoms with Crippen LogP contribution in [0.15, 0.2) is 18.3 Å². The van der Waals surface area contributed by atoms with E-state index in [1.165, 1.54) is 7.11 Å². The Morgan fingerprint density at radius 1 is 1.50 bits per heavy atom. The second-order valence-corrected chi connectivity index (χ2v) is 5.21. The van der Waals surface area contributed by atoms with Gasteiger partial charge in [0.15, 0.2) is 0 Å². The van der Waals surface area contributed by atoms with Gasteiger partial charge in [-0.3, -0.25) is 9.59 Å². The summed E-state index contributed by atoms with van der Waals surface area (Å²) in [5.74, 6) is 0.190. The normalized spacial score (nSPS) is 21.9. The molecular weight excluding hydrogens is 258 g/mol. The molecule has 0 aromatic carbocycles. The maximum atomic E-state index is 12.2. The molecule has 1 atom stereocenters. The van der Waals surface area contributed by atoms with Crippen molar-refractivity contribution in [3.05, 3.63) is 23.9 Å². The smallest absolute Gasteiger partial charge is 0.257 e. The second kappa shape index (κ2) is 5.11. The molecule has 2 heterocycles. The number of likely N-dealkylation sites (tertiary alicyclic amines) is 1. The molecule has 1 saturated heterocycles. The third-order valence-corrected chi connectivity index (χ3v) is 3.69. The molecule has 2 amide bonds. The molecule has 0 bridgehead atoms. The number of hydrogen-bond acceptors (Lipinski definition) is 4. The van der Waals surface area contributed by atoms with Gasteiger partial charge < -0.3 is 15.0 Å². The van der Waals surface area contributed by atoms with Crippen LogP contribution in [0, 0.1) is 0 Å². The highest BCUT2D eigenvalue weighted by Gasteiger charge is 2.39. The van der Waals surface area contributed by atoms with Gasteiger partial charge in [-0.2, -0.15) is 0 Å². The van der Waals surface area contributed by atoms with Crippen molar-refractivity contribution in [3.8, 4) is 5.88 Å². The number of methoxy groups -OCH3 is 1. The standard InChI is InChI=1S/C14H17N3O3/c1-20-14-11(3-2-6-15-14)13(19)16-9-7-12(18)17(8-9)10-4-5-10/h2-3,6,9-10H,4-5,7-8H2,1H3,(H,16,19)/t9-/m1/s1. The minimum Gasteiger partial charge on any atom is -0.480 e. The molecule has 3 rings (SSSR count). The molecule has 1 aliphatic heterocycles. The van der Waals surface area contributed by atoms with Gasteiger partial charge in [0.2, 0.25) is 11.8 Å². The Labute approximate surface area is 117 Å². The van der Waals surface area contributed by atoms with Crippen LogP contribution >= 0.6 is 0 Å². The largest absolute Gasteiger partial charge is 0.480 e. The van der Waals surface area contributed by atoms with E-state index in [1.807, 2.05) is 4.90 Å². The number of nitrogens with one attached hydrogen (secondary N) is 1. The van der Waals surface area contributed by atoms with E-state index < -0.39 is 0 Å². The lowest BCUT2D eigenvalue weighted by atomic mass is 10.2. The van der Waals surface area contributed by atoms with E-state index in [0.29, 0.717) is 30.5 Å². The van der Waals surface area contributed by atoms with Gasteiger partial charge >= 0.3 is 0 Å². The maximum Gasteiger partial charge on any atom is 0.257 e. The van der Waals surface area contributed by atoms with Gasteiger partial charge in [0, 0.05) is 25.2 Å². The molecule has 1 saturated carbocycles. The Kier molecular flexibility index (Phi) is 3.30. The van der Waals surface area contributed by atoms with E-state index in [1.54, 1.807) is 18.3 Å². The molecule has 1 aromatic rings. The highest BCUT2D eigenvalue weighted by atomic mass is 16.5. The van der Waals surface area contributed by atoms with Crippen molar-refractivity contribution < 1.29 is 14.3 Å². The summed E-state index contributed by atoms with van der Waals surface area (Å²) < 4.78 is 5.07. The zero-order valence-corrected chi connectivity index (χ0v) is 11.3. The number of amides is 2. The van der Waals surface area contributed by atoms with Crippen LogP contribution in [-0.4, -0.2) is 47.4 Å². The summed E-state index contributed by atoms with van der Waals surface area (Å²) in [6.07, 6.45) is 4.13.